The molecule has 1 aliphatic rings. The molecule has 0 radical (unpaired) electrons. The molecule has 9 heteroatoms. The molecule has 0 atom stereocenters. The Morgan fingerprint density at radius 1 is 1.21 bits per heavy atom. The number of rotatable bonds is 4. The maximum Gasteiger partial charge on any atom is 0.250 e. The van der Waals surface area contributed by atoms with E-state index in [1.54, 1.807) is 12.1 Å². The number of hydrogen-bond acceptors (Lipinski definition) is 5. The Morgan fingerprint density at radius 2 is 1.82 bits per heavy atom. The van der Waals surface area contributed by atoms with E-state index in [0.29, 0.717) is 25.1 Å². The first-order valence-corrected chi connectivity index (χ1v) is 10.8. The van der Waals surface area contributed by atoms with Crippen molar-refractivity contribution in [2.75, 3.05) is 20.1 Å². The molecule has 3 aromatic rings. The fraction of sp³-hybridized carbons (Fsp3) is 0.360. The summed E-state index contributed by atoms with van der Waals surface area (Å²) in [6.07, 6.45) is 2.71. The predicted molar refractivity (Wildman–Crippen MR) is 127 cm³/mol. The smallest absolute Gasteiger partial charge is 0.250 e. The van der Waals surface area contributed by atoms with Crippen LogP contribution in [0.1, 0.15) is 36.1 Å². The molecule has 0 saturated carbocycles. The Morgan fingerprint density at radius 3 is 2.35 bits per heavy atom. The number of nitriles is 1. The number of amides is 1. The van der Waals surface area contributed by atoms with Crippen LogP contribution in [0.4, 0.5) is 8.78 Å². The number of benzene rings is 1. The van der Waals surface area contributed by atoms with E-state index in [1.807, 2.05) is 54.6 Å². The number of fused-ring (bicyclic) bond motifs is 1. The highest BCUT2D eigenvalue weighted by atomic mass is 19.3. The topological polar surface area (TPSA) is 105 Å². The number of pyridine rings is 1. The van der Waals surface area contributed by atoms with Gasteiger partial charge in [-0.05, 0) is 62.4 Å². The average molecular weight is 470 g/mol. The van der Waals surface area contributed by atoms with Crippen LogP contribution in [0.5, 0.6) is 0 Å². The molecular formula is C25H29F2N5O2. The largest absolute Gasteiger partial charge is 0.370 e. The number of likely N-dealkylation sites (tertiary alicyclic amines) is 1. The van der Waals surface area contributed by atoms with Crippen LogP contribution in [-0.4, -0.2) is 53.2 Å². The lowest BCUT2D eigenvalue weighted by Crippen LogP contribution is -2.36. The molecule has 34 heavy (non-hydrogen) atoms. The fourth-order valence-corrected chi connectivity index (χ4v) is 3.61. The number of halogens is 2. The van der Waals surface area contributed by atoms with Crippen LogP contribution < -0.4 is 5.73 Å². The molecule has 180 valence electrons. The zero-order valence-corrected chi connectivity index (χ0v) is 19.4. The van der Waals surface area contributed by atoms with Crippen molar-refractivity contribution in [2.45, 2.75) is 38.5 Å². The maximum absolute atomic E-state index is 12.4. The first-order chi connectivity index (χ1) is 16.2. The van der Waals surface area contributed by atoms with Gasteiger partial charge in [0, 0.05) is 55.3 Å². The third-order valence-corrected chi connectivity index (χ3v) is 5.45. The lowest BCUT2D eigenvalue weighted by atomic mass is 10.1. The zero-order chi connectivity index (χ0) is 25.3. The molecule has 0 spiro atoms. The Balaban J connectivity index is 0.000000311. The number of alkyl halides is 2. The number of aromatic nitrogens is 2. The number of carbonyl (C=O) groups is 2. The maximum atomic E-state index is 12.4. The van der Waals surface area contributed by atoms with Gasteiger partial charge in [0.2, 0.25) is 5.91 Å². The summed E-state index contributed by atoms with van der Waals surface area (Å²) < 4.78 is 26.7. The molecule has 0 bridgehead atoms. The van der Waals surface area contributed by atoms with E-state index in [4.69, 9.17) is 15.8 Å². The quantitative estimate of drug-likeness (QED) is 0.626. The zero-order valence-electron chi connectivity index (χ0n) is 19.4. The summed E-state index contributed by atoms with van der Waals surface area (Å²) >= 11 is 0. The number of hydrogen-bond donors (Lipinski definition) is 1. The molecule has 2 aromatic heterocycles. The van der Waals surface area contributed by atoms with Gasteiger partial charge in [-0.2, -0.15) is 5.26 Å². The number of carbonyl (C=O) groups excluding carboxylic acids is 2. The summed E-state index contributed by atoms with van der Waals surface area (Å²) in [6.45, 7) is 5.06. The van der Waals surface area contributed by atoms with E-state index in [0.717, 1.165) is 28.0 Å². The van der Waals surface area contributed by atoms with Crippen molar-refractivity contribution in [2.24, 2.45) is 5.73 Å². The summed E-state index contributed by atoms with van der Waals surface area (Å²) in [4.78, 5) is 25.6. The van der Waals surface area contributed by atoms with Crippen LogP contribution in [0.25, 0.3) is 16.7 Å². The van der Waals surface area contributed by atoms with Crippen LogP contribution in [0, 0.1) is 18.3 Å². The van der Waals surface area contributed by atoms with Crippen molar-refractivity contribution in [3.05, 3.63) is 59.4 Å². The SMILES string of the molecule is C=O.CN1CCC(F)(F)CC1.Cc1cnc2c(c1)cc(CCC(N)=O)n2-c1ccc(C#N)cc1. The van der Waals surface area contributed by atoms with Crippen molar-refractivity contribution >= 4 is 23.7 Å². The van der Waals surface area contributed by atoms with Crippen LogP contribution in [0.3, 0.4) is 0 Å². The van der Waals surface area contributed by atoms with Gasteiger partial charge in [0.1, 0.15) is 12.4 Å². The molecule has 2 N–H and O–H groups in total. The van der Waals surface area contributed by atoms with Gasteiger partial charge in [0.15, 0.2) is 0 Å². The first kappa shape index (κ1) is 26.6. The van der Waals surface area contributed by atoms with E-state index in [2.05, 4.69) is 17.1 Å². The van der Waals surface area contributed by atoms with E-state index in [1.165, 1.54) is 0 Å². The van der Waals surface area contributed by atoms with E-state index in [9.17, 15) is 13.6 Å². The highest BCUT2D eigenvalue weighted by molar-refractivity contribution is 5.81. The van der Waals surface area contributed by atoms with Crippen LogP contribution in [0.2, 0.25) is 0 Å². The van der Waals surface area contributed by atoms with Gasteiger partial charge < -0.3 is 15.4 Å². The van der Waals surface area contributed by atoms with Crippen molar-refractivity contribution in [1.29, 1.82) is 5.26 Å². The van der Waals surface area contributed by atoms with Crippen molar-refractivity contribution in [3.8, 4) is 11.8 Å². The van der Waals surface area contributed by atoms with Crippen LogP contribution in [-0.2, 0) is 16.0 Å². The summed E-state index contributed by atoms with van der Waals surface area (Å²) in [5.74, 6) is -2.71. The molecule has 1 saturated heterocycles. The molecule has 3 heterocycles. The Kier molecular flexibility index (Phi) is 9.39. The molecule has 4 rings (SSSR count). The first-order valence-electron chi connectivity index (χ1n) is 10.8. The summed E-state index contributed by atoms with van der Waals surface area (Å²) in [6, 6.07) is 13.5. The average Bonchev–Trinajstić information content (AvgIpc) is 3.19. The highest BCUT2D eigenvalue weighted by Gasteiger charge is 2.32. The second-order valence-electron chi connectivity index (χ2n) is 8.18. The monoisotopic (exact) mass is 469 g/mol. The molecule has 7 nitrogen and oxygen atoms in total. The van der Waals surface area contributed by atoms with Gasteiger partial charge in [0.05, 0.1) is 11.6 Å². The summed E-state index contributed by atoms with van der Waals surface area (Å²) in [5.41, 5.74) is 9.69. The normalized spacial score (nSPS) is 14.8. The van der Waals surface area contributed by atoms with Crippen molar-refractivity contribution < 1.29 is 18.4 Å². The van der Waals surface area contributed by atoms with Crippen molar-refractivity contribution in [1.82, 2.24) is 14.5 Å². The second-order valence-corrected chi connectivity index (χ2v) is 8.18. The Hall–Kier alpha value is -3.64. The number of aryl methyl sites for hydroxylation is 2. The van der Waals surface area contributed by atoms with Gasteiger partial charge in [0.25, 0.3) is 5.92 Å². The van der Waals surface area contributed by atoms with Crippen molar-refractivity contribution in [3.63, 3.8) is 0 Å². The van der Waals surface area contributed by atoms with Gasteiger partial charge >= 0.3 is 0 Å². The third-order valence-electron chi connectivity index (χ3n) is 5.45. The molecular weight excluding hydrogens is 440 g/mol. The number of nitrogens with two attached hydrogens (primary N) is 1. The third kappa shape index (κ3) is 7.18. The Bertz CT molecular complexity index is 1140. The van der Waals surface area contributed by atoms with Gasteiger partial charge in [-0.1, -0.05) is 0 Å². The standard InChI is InChI=1S/C18H16N4O.C6H11F2N.CH2O/c1-12-8-14-9-16(6-7-17(20)23)22(18(14)21-11-12)15-4-2-13(10-19)3-5-15;1-9-4-2-6(7,8)3-5-9;1-2/h2-5,8-9,11H,6-7H2,1H3,(H2,20,23);2-5H2,1H3;1H2. The summed E-state index contributed by atoms with van der Waals surface area (Å²) in [7, 11) is 1.87. The highest BCUT2D eigenvalue weighted by Crippen LogP contribution is 2.27. The van der Waals surface area contributed by atoms with Crippen LogP contribution >= 0.6 is 0 Å². The molecule has 1 aromatic carbocycles. The second kappa shape index (κ2) is 12.0. The summed E-state index contributed by atoms with van der Waals surface area (Å²) in [5, 5.41) is 9.96. The van der Waals surface area contributed by atoms with Gasteiger partial charge in [-0.3, -0.25) is 9.36 Å². The molecule has 0 aliphatic carbocycles. The molecule has 1 fully saturated rings. The predicted octanol–water partition coefficient (Wildman–Crippen LogP) is 3.79. The number of nitrogens with zero attached hydrogens (tertiary/aromatic N) is 4. The fourth-order valence-electron chi connectivity index (χ4n) is 3.61. The van der Waals surface area contributed by atoms with Gasteiger partial charge in [-0.25, -0.2) is 13.8 Å². The van der Waals surface area contributed by atoms with Crippen LogP contribution in [0.15, 0.2) is 42.6 Å². The van der Waals surface area contributed by atoms with E-state index in [-0.39, 0.29) is 25.2 Å². The number of primary amides is 1. The minimum atomic E-state index is -2.38. The number of piperidine rings is 1. The lowest BCUT2D eigenvalue weighted by Gasteiger charge is -2.28. The molecule has 0 unspecified atom stereocenters. The van der Waals surface area contributed by atoms with E-state index < -0.39 is 5.92 Å². The lowest BCUT2D eigenvalue weighted by molar-refractivity contribution is -0.118. The Labute approximate surface area is 197 Å². The molecule has 1 amide bonds. The van der Waals surface area contributed by atoms with E-state index >= 15 is 0 Å². The van der Waals surface area contributed by atoms with Gasteiger partial charge in [-0.15, -0.1) is 0 Å². The molecule has 1 aliphatic heterocycles. The minimum Gasteiger partial charge on any atom is -0.370 e. The minimum absolute atomic E-state index is 0.0312.